The quantitative estimate of drug-likeness (QED) is 0.378. The minimum atomic E-state index is -4.41. The van der Waals surface area contributed by atoms with Crippen LogP contribution in [0, 0.1) is 18.3 Å². The summed E-state index contributed by atoms with van der Waals surface area (Å²) in [4.78, 5) is 13.0. The van der Waals surface area contributed by atoms with Gasteiger partial charge in [0.15, 0.2) is 5.65 Å². The van der Waals surface area contributed by atoms with Gasteiger partial charge in [0, 0.05) is 24.7 Å². The summed E-state index contributed by atoms with van der Waals surface area (Å²) >= 11 is 0. The van der Waals surface area contributed by atoms with Gasteiger partial charge in [-0.3, -0.25) is 0 Å². The van der Waals surface area contributed by atoms with Gasteiger partial charge in [-0.05, 0) is 31.2 Å². The summed E-state index contributed by atoms with van der Waals surface area (Å²) in [6, 6.07) is 11.6. The number of nitrogen functional groups attached to an aromatic ring is 1. The van der Waals surface area contributed by atoms with Gasteiger partial charge in [0.05, 0.1) is 16.8 Å². The third-order valence-corrected chi connectivity index (χ3v) is 4.70. The number of nitrogens with one attached hydrogen (secondary N) is 2. The van der Waals surface area contributed by atoms with Crippen LogP contribution in [0.2, 0.25) is 0 Å². The van der Waals surface area contributed by atoms with Crippen molar-refractivity contribution in [3.05, 3.63) is 59.4 Å². The van der Waals surface area contributed by atoms with E-state index in [1.807, 2.05) is 6.07 Å². The SMILES string of the molecule is Cc1nc2cc(-c3ccc(C(F)(F)F)cc3)nc(NCCNc3ccc(C#N)c(N)n3)n2n1. The van der Waals surface area contributed by atoms with Crippen LogP contribution in [-0.4, -0.2) is 37.7 Å². The van der Waals surface area contributed by atoms with Crippen molar-refractivity contribution in [2.75, 3.05) is 29.5 Å². The van der Waals surface area contributed by atoms with Crippen molar-refractivity contribution in [1.82, 2.24) is 24.6 Å². The van der Waals surface area contributed by atoms with Crippen molar-refractivity contribution < 1.29 is 13.2 Å². The summed E-state index contributed by atoms with van der Waals surface area (Å²) in [5.41, 5.74) is 6.77. The van der Waals surface area contributed by atoms with E-state index in [4.69, 9.17) is 11.0 Å². The molecule has 0 radical (unpaired) electrons. The molecule has 3 heterocycles. The number of hydrogen-bond acceptors (Lipinski definition) is 8. The van der Waals surface area contributed by atoms with Crippen LogP contribution in [0.3, 0.4) is 0 Å². The molecule has 0 aliphatic carbocycles. The van der Waals surface area contributed by atoms with Crippen LogP contribution >= 0.6 is 0 Å². The maximum atomic E-state index is 12.9. The molecule has 4 rings (SSSR count). The number of benzene rings is 1. The maximum Gasteiger partial charge on any atom is 0.416 e. The van der Waals surface area contributed by atoms with E-state index >= 15 is 0 Å². The first-order valence-corrected chi connectivity index (χ1v) is 9.81. The van der Waals surface area contributed by atoms with Gasteiger partial charge in [0.1, 0.15) is 23.5 Å². The average molecular weight is 453 g/mol. The number of alkyl halides is 3. The molecule has 12 heteroatoms. The second-order valence-corrected chi connectivity index (χ2v) is 7.06. The van der Waals surface area contributed by atoms with Crippen LogP contribution in [0.15, 0.2) is 42.5 Å². The first kappa shape index (κ1) is 21.8. The Kier molecular flexibility index (Phi) is 5.70. The number of aromatic nitrogens is 5. The number of fused-ring (bicyclic) bond motifs is 1. The van der Waals surface area contributed by atoms with E-state index in [9.17, 15) is 13.2 Å². The van der Waals surface area contributed by atoms with E-state index in [0.717, 1.165) is 12.1 Å². The molecule has 0 fully saturated rings. The topological polar surface area (TPSA) is 130 Å². The lowest BCUT2D eigenvalue weighted by Crippen LogP contribution is -2.17. The molecule has 0 atom stereocenters. The fourth-order valence-corrected chi connectivity index (χ4v) is 3.12. The van der Waals surface area contributed by atoms with E-state index in [1.54, 1.807) is 25.1 Å². The zero-order chi connectivity index (χ0) is 23.6. The molecule has 168 valence electrons. The van der Waals surface area contributed by atoms with Crippen molar-refractivity contribution in [3.63, 3.8) is 0 Å². The van der Waals surface area contributed by atoms with Gasteiger partial charge in [0.25, 0.3) is 0 Å². The number of pyridine rings is 1. The second-order valence-electron chi connectivity index (χ2n) is 7.06. The molecule has 4 aromatic rings. The lowest BCUT2D eigenvalue weighted by Gasteiger charge is -2.11. The smallest absolute Gasteiger partial charge is 0.383 e. The molecule has 0 bridgehead atoms. The maximum absolute atomic E-state index is 12.9. The number of halogens is 3. The van der Waals surface area contributed by atoms with Gasteiger partial charge in [-0.25, -0.2) is 15.0 Å². The summed E-state index contributed by atoms with van der Waals surface area (Å²) in [5.74, 6) is 1.57. The lowest BCUT2D eigenvalue weighted by atomic mass is 10.1. The highest BCUT2D eigenvalue weighted by Crippen LogP contribution is 2.31. The molecular formula is C21H18F3N9. The molecule has 33 heavy (non-hydrogen) atoms. The number of nitriles is 1. The molecule has 0 aliphatic rings. The molecule has 0 amide bonds. The highest BCUT2D eigenvalue weighted by molar-refractivity contribution is 5.66. The molecular weight excluding hydrogens is 435 g/mol. The lowest BCUT2D eigenvalue weighted by molar-refractivity contribution is -0.137. The van der Waals surface area contributed by atoms with Crippen LogP contribution in [-0.2, 0) is 6.18 Å². The predicted molar refractivity (Wildman–Crippen MR) is 116 cm³/mol. The highest BCUT2D eigenvalue weighted by atomic mass is 19.4. The van der Waals surface area contributed by atoms with Crippen LogP contribution in [0.4, 0.5) is 30.8 Å². The summed E-state index contributed by atoms with van der Waals surface area (Å²) < 4.78 is 40.2. The molecule has 0 saturated carbocycles. The summed E-state index contributed by atoms with van der Waals surface area (Å²) in [6.07, 6.45) is -4.41. The number of hydrogen-bond donors (Lipinski definition) is 3. The monoisotopic (exact) mass is 453 g/mol. The van der Waals surface area contributed by atoms with Gasteiger partial charge in [-0.2, -0.15) is 22.9 Å². The van der Waals surface area contributed by atoms with Crippen LogP contribution in [0.5, 0.6) is 0 Å². The highest BCUT2D eigenvalue weighted by Gasteiger charge is 2.30. The molecule has 1 aromatic carbocycles. The number of anilines is 3. The number of rotatable bonds is 6. The molecule has 0 saturated heterocycles. The van der Waals surface area contributed by atoms with Crippen LogP contribution in [0.25, 0.3) is 16.9 Å². The molecule has 0 aliphatic heterocycles. The van der Waals surface area contributed by atoms with Crippen molar-refractivity contribution in [1.29, 1.82) is 5.26 Å². The fraction of sp³-hybridized carbons (Fsp3) is 0.190. The van der Waals surface area contributed by atoms with E-state index in [0.29, 0.717) is 53.1 Å². The Morgan fingerprint density at radius 2 is 1.76 bits per heavy atom. The summed E-state index contributed by atoms with van der Waals surface area (Å²) in [7, 11) is 0. The zero-order valence-electron chi connectivity index (χ0n) is 17.4. The first-order chi connectivity index (χ1) is 15.7. The zero-order valence-corrected chi connectivity index (χ0v) is 17.4. The summed E-state index contributed by atoms with van der Waals surface area (Å²) in [6.45, 7) is 2.59. The molecule has 0 spiro atoms. The number of nitrogens with two attached hydrogens (primary N) is 1. The molecule has 4 N–H and O–H groups in total. The van der Waals surface area contributed by atoms with Crippen molar-refractivity contribution in [2.45, 2.75) is 13.1 Å². The number of nitrogens with zero attached hydrogens (tertiary/aromatic N) is 6. The van der Waals surface area contributed by atoms with Crippen molar-refractivity contribution >= 4 is 23.2 Å². The predicted octanol–water partition coefficient (Wildman–Crippen LogP) is 3.49. The third-order valence-electron chi connectivity index (χ3n) is 4.70. The van der Waals surface area contributed by atoms with Gasteiger partial charge in [-0.1, -0.05) is 12.1 Å². The van der Waals surface area contributed by atoms with Crippen molar-refractivity contribution in [2.24, 2.45) is 0 Å². The summed E-state index contributed by atoms with van der Waals surface area (Å²) in [5, 5.41) is 19.5. The van der Waals surface area contributed by atoms with E-state index < -0.39 is 11.7 Å². The Morgan fingerprint density at radius 1 is 1.03 bits per heavy atom. The van der Waals surface area contributed by atoms with Gasteiger partial charge >= 0.3 is 6.18 Å². The average Bonchev–Trinajstić information content (AvgIpc) is 3.16. The minimum Gasteiger partial charge on any atom is -0.383 e. The van der Waals surface area contributed by atoms with E-state index in [1.165, 1.54) is 16.6 Å². The van der Waals surface area contributed by atoms with Crippen molar-refractivity contribution in [3.8, 4) is 17.3 Å². The van der Waals surface area contributed by atoms with E-state index in [2.05, 4.69) is 30.7 Å². The van der Waals surface area contributed by atoms with Gasteiger partial charge in [-0.15, -0.1) is 5.10 Å². The van der Waals surface area contributed by atoms with Crippen LogP contribution in [0.1, 0.15) is 17.0 Å². The molecule has 9 nitrogen and oxygen atoms in total. The standard InChI is InChI=1S/C21H18F3N9/c1-12-29-18-10-16(13-2-5-15(6-3-13)21(22,23)24)30-20(33(18)32-12)28-9-8-27-17-7-4-14(11-25)19(26)31-17/h2-7,10H,8-9H2,1H3,(H,28,30)(H3,26,27,31). The third kappa shape index (κ3) is 4.77. The number of aryl methyl sites for hydroxylation is 1. The Labute approximate surface area is 186 Å². The Bertz CT molecular complexity index is 1340. The first-order valence-electron chi connectivity index (χ1n) is 9.81. The fourth-order valence-electron chi connectivity index (χ4n) is 3.12. The Balaban J connectivity index is 1.52. The van der Waals surface area contributed by atoms with E-state index in [-0.39, 0.29) is 5.82 Å². The largest absolute Gasteiger partial charge is 0.416 e. The molecule has 3 aromatic heterocycles. The van der Waals surface area contributed by atoms with Crippen LogP contribution < -0.4 is 16.4 Å². The minimum absolute atomic E-state index is 0.140. The Hall–Kier alpha value is -4.40. The normalized spacial score (nSPS) is 11.4. The van der Waals surface area contributed by atoms with Gasteiger partial charge in [0.2, 0.25) is 5.95 Å². The second kappa shape index (κ2) is 8.62. The Morgan fingerprint density at radius 3 is 2.42 bits per heavy atom. The van der Waals surface area contributed by atoms with Gasteiger partial charge < -0.3 is 16.4 Å². The molecule has 0 unspecified atom stereocenters.